The number of hydrogen-bond donors (Lipinski definition) is 0. The second kappa shape index (κ2) is 2.73. The molecule has 1 heterocycles. The predicted molar refractivity (Wildman–Crippen MR) is 44.8 cm³/mol. The first-order chi connectivity index (χ1) is 5.75. The summed E-state index contributed by atoms with van der Waals surface area (Å²) >= 11 is 0. The first kappa shape index (κ1) is 7.53. The van der Waals surface area contributed by atoms with Crippen LogP contribution in [0.3, 0.4) is 0 Å². The maximum absolute atomic E-state index is 11.0. The smallest absolute Gasteiger partial charge is 0.133 e. The number of Topliss-reactive ketones (excluding diaryl/α,β-unsaturated/α-hetero) is 1. The molecule has 3 nitrogen and oxygen atoms in total. The number of carbonyl (C=O) groups is 1. The van der Waals surface area contributed by atoms with Crippen LogP contribution in [0.5, 0.6) is 0 Å². The van der Waals surface area contributed by atoms with E-state index in [0.717, 1.165) is 12.8 Å². The van der Waals surface area contributed by atoms with Gasteiger partial charge in [0, 0.05) is 26.1 Å². The monoisotopic (exact) mass is 164 g/mol. The van der Waals surface area contributed by atoms with Crippen molar-refractivity contribution in [2.45, 2.75) is 25.2 Å². The van der Waals surface area contributed by atoms with Crippen molar-refractivity contribution in [1.82, 2.24) is 9.78 Å². The highest BCUT2D eigenvalue weighted by Crippen LogP contribution is 2.31. The fourth-order valence-corrected chi connectivity index (χ4v) is 1.75. The van der Waals surface area contributed by atoms with E-state index in [-0.39, 0.29) is 0 Å². The van der Waals surface area contributed by atoms with Gasteiger partial charge in [-0.2, -0.15) is 5.10 Å². The molecule has 0 aliphatic heterocycles. The lowest BCUT2D eigenvalue weighted by Crippen LogP contribution is -1.92. The summed E-state index contributed by atoms with van der Waals surface area (Å²) < 4.78 is 1.79. The lowest BCUT2D eigenvalue weighted by Gasteiger charge is -2.01. The summed E-state index contributed by atoms with van der Waals surface area (Å²) in [5.74, 6) is 0.829. The molecule has 64 valence electrons. The van der Waals surface area contributed by atoms with Gasteiger partial charge in [0.15, 0.2) is 0 Å². The van der Waals surface area contributed by atoms with Crippen molar-refractivity contribution in [2.24, 2.45) is 7.05 Å². The van der Waals surface area contributed by atoms with Crippen molar-refractivity contribution in [2.75, 3.05) is 0 Å². The van der Waals surface area contributed by atoms with Crippen molar-refractivity contribution < 1.29 is 4.79 Å². The summed E-state index contributed by atoms with van der Waals surface area (Å²) in [4.78, 5) is 11.0. The van der Waals surface area contributed by atoms with Gasteiger partial charge in [0.2, 0.25) is 0 Å². The fourth-order valence-electron chi connectivity index (χ4n) is 1.75. The van der Waals surface area contributed by atoms with Crippen molar-refractivity contribution in [3.05, 3.63) is 18.0 Å². The molecule has 12 heavy (non-hydrogen) atoms. The Kier molecular flexibility index (Phi) is 1.71. The van der Waals surface area contributed by atoms with Gasteiger partial charge in [-0.15, -0.1) is 0 Å². The Morgan fingerprint density at radius 2 is 2.50 bits per heavy atom. The molecule has 0 spiro atoms. The van der Waals surface area contributed by atoms with Gasteiger partial charge in [-0.3, -0.25) is 9.48 Å². The van der Waals surface area contributed by atoms with Gasteiger partial charge in [0.05, 0.1) is 6.20 Å². The van der Waals surface area contributed by atoms with Gasteiger partial charge in [-0.1, -0.05) is 0 Å². The van der Waals surface area contributed by atoms with Gasteiger partial charge < -0.3 is 0 Å². The molecule has 1 atom stereocenters. The molecule has 1 saturated carbocycles. The van der Waals surface area contributed by atoms with Crippen molar-refractivity contribution >= 4 is 5.78 Å². The third-order valence-electron chi connectivity index (χ3n) is 2.44. The van der Waals surface area contributed by atoms with E-state index in [1.807, 2.05) is 19.4 Å². The first-order valence-corrected chi connectivity index (χ1v) is 4.26. The van der Waals surface area contributed by atoms with E-state index in [4.69, 9.17) is 0 Å². The van der Waals surface area contributed by atoms with E-state index in [1.54, 1.807) is 4.68 Å². The van der Waals surface area contributed by atoms with Crippen LogP contribution >= 0.6 is 0 Å². The molecule has 3 heteroatoms. The average molecular weight is 164 g/mol. The number of aryl methyl sites for hydroxylation is 1. The third-order valence-corrected chi connectivity index (χ3v) is 2.44. The molecule has 1 fully saturated rings. The molecule has 0 saturated heterocycles. The van der Waals surface area contributed by atoms with Gasteiger partial charge in [-0.05, 0) is 17.9 Å². The summed E-state index contributed by atoms with van der Waals surface area (Å²) in [7, 11) is 1.90. The minimum absolute atomic E-state index is 0.392. The molecular weight excluding hydrogens is 152 g/mol. The highest BCUT2D eigenvalue weighted by Gasteiger charge is 2.24. The third kappa shape index (κ3) is 1.26. The minimum Gasteiger partial charge on any atom is -0.300 e. The fraction of sp³-hybridized carbons (Fsp3) is 0.556. The Hall–Kier alpha value is -1.12. The number of rotatable bonds is 1. The summed E-state index contributed by atoms with van der Waals surface area (Å²) in [5, 5.41) is 4.09. The Labute approximate surface area is 71.4 Å². The number of hydrogen-bond acceptors (Lipinski definition) is 2. The van der Waals surface area contributed by atoms with Crippen LogP contribution in [-0.4, -0.2) is 15.6 Å². The molecule has 0 amide bonds. The number of carbonyl (C=O) groups excluding carboxylic acids is 1. The van der Waals surface area contributed by atoms with Crippen LogP contribution in [0.25, 0.3) is 0 Å². The van der Waals surface area contributed by atoms with Crippen LogP contribution in [-0.2, 0) is 11.8 Å². The van der Waals surface area contributed by atoms with E-state index in [0.29, 0.717) is 18.1 Å². The van der Waals surface area contributed by atoms with Crippen LogP contribution in [0, 0.1) is 0 Å². The molecule has 1 aliphatic carbocycles. The summed E-state index contributed by atoms with van der Waals surface area (Å²) in [5.41, 5.74) is 1.21. The van der Waals surface area contributed by atoms with E-state index in [2.05, 4.69) is 5.10 Å². The van der Waals surface area contributed by atoms with Crippen molar-refractivity contribution in [1.29, 1.82) is 0 Å². The summed E-state index contributed by atoms with van der Waals surface area (Å²) in [6, 6.07) is 0. The lowest BCUT2D eigenvalue weighted by atomic mass is 10.0. The standard InChI is InChI=1S/C9H12N2O/c1-11-6-8(5-10-11)7-2-3-9(12)4-7/h5-7H,2-4H2,1H3/t7-/m1/s1. The van der Waals surface area contributed by atoms with E-state index < -0.39 is 0 Å². The highest BCUT2D eigenvalue weighted by atomic mass is 16.1. The average Bonchev–Trinajstić information content (AvgIpc) is 2.58. The SMILES string of the molecule is Cn1cc([C@@H]2CCC(=O)C2)cn1. The van der Waals surface area contributed by atoms with Crippen molar-refractivity contribution in [3.63, 3.8) is 0 Å². The second-order valence-electron chi connectivity index (χ2n) is 3.43. The van der Waals surface area contributed by atoms with Crippen LogP contribution in [0.15, 0.2) is 12.4 Å². The quantitative estimate of drug-likeness (QED) is 0.626. The molecule has 0 bridgehead atoms. The molecule has 1 aromatic rings. The van der Waals surface area contributed by atoms with E-state index in [1.165, 1.54) is 5.56 Å². The molecule has 0 radical (unpaired) electrons. The zero-order valence-corrected chi connectivity index (χ0v) is 7.16. The Morgan fingerprint density at radius 3 is 3.00 bits per heavy atom. The summed E-state index contributed by atoms with van der Waals surface area (Å²) in [6.07, 6.45) is 6.34. The second-order valence-corrected chi connectivity index (χ2v) is 3.43. The Morgan fingerprint density at radius 1 is 1.67 bits per heavy atom. The van der Waals surface area contributed by atoms with Gasteiger partial charge in [-0.25, -0.2) is 0 Å². The largest absolute Gasteiger partial charge is 0.300 e. The Balaban J connectivity index is 2.15. The number of nitrogens with zero attached hydrogens (tertiary/aromatic N) is 2. The van der Waals surface area contributed by atoms with Gasteiger partial charge >= 0.3 is 0 Å². The normalized spacial score (nSPS) is 23.4. The van der Waals surface area contributed by atoms with Gasteiger partial charge in [0.1, 0.15) is 5.78 Å². The predicted octanol–water partition coefficient (Wildman–Crippen LogP) is 1.26. The van der Waals surface area contributed by atoms with E-state index in [9.17, 15) is 4.79 Å². The maximum atomic E-state index is 11.0. The molecule has 0 unspecified atom stereocenters. The van der Waals surface area contributed by atoms with Crippen LogP contribution < -0.4 is 0 Å². The van der Waals surface area contributed by atoms with Crippen molar-refractivity contribution in [3.8, 4) is 0 Å². The maximum Gasteiger partial charge on any atom is 0.133 e. The van der Waals surface area contributed by atoms with Crippen LogP contribution in [0.1, 0.15) is 30.7 Å². The topological polar surface area (TPSA) is 34.9 Å². The highest BCUT2D eigenvalue weighted by molar-refractivity contribution is 5.81. The summed E-state index contributed by atoms with van der Waals surface area (Å²) in [6.45, 7) is 0. The first-order valence-electron chi connectivity index (χ1n) is 4.26. The molecule has 1 aliphatic rings. The molecule has 0 N–H and O–H groups in total. The lowest BCUT2D eigenvalue weighted by molar-refractivity contribution is -0.117. The number of ketones is 1. The van der Waals surface area contributed by atoms with E-state index >= 15 is 0 Å². The minimum atomic E-state index is 0.392. The molecule has 0 aromatic carbocycles. The zero-order valence-electron chi connectivity index (χ0n) is 7.16. The van der Waals surface area contributed by atoms with Crippen LogP contribution in [0.2, 0.25) is 0 Å². The molecule has 1 aromatic heterocycles. The number of aromatic nitrogens is 2. The zero-order chi connectivity index (χ0) is 8.55. The van der Waals surface area contributed by atoms with Crippen LogP contribution in [0.4, 0.5) is 0 Å². The van der Waals surface area contributed by atoms with Gasteiger partial charge in [0.25, 0.3) is 0 Å². The Bertz CT molecular complexity index is 303. The molecular formula is C9H12N2O. The molecule has 2 rings (SSSR count).